The molecule has 7 heavy (non-hydrogen) atoms. The smallest absolute Gasteiger partial charge is 0.185 e. The van der Waals surface area contributed by atoms with E-state index in [-0.39, 0.29) is 0 Å². The van der Waals surface area contributed by atoms with Crippen molar-refractivity contribution in [3.05, 3.63) is 0 Å². The highest BCUT2D eigenvalue weighted by atomic mass is 17.2. The molecule has 0 radical (unpaired) electrons. The lowest BCUT2D eigenvalue weighted by Gasteiger charge is -2.01. The zero-order chi connectivity index (χ0) is 5.70. The summed E-state index contributed by atoms with van der Waals surface area (Å²) >= 11 is 0. The minimum absolute atomic E-state index is 0.463. The molecule has 0 aromatic rings. The van der Waals surface area contributed by atoms with E-state index in [1.54, 1.807) is 6.92 Å². The Kier molecular flexibility index (Phi) is 3.98. The molecule has 44 valence electrons. The standard InChI is InChI=1S/C4H10O3/c1-3-6-7-4(2)5/h4-5H,3H2,1-2H3. The minimum atomic E-state index is -0.819. The van der Waals surface area contributed by atoms with Crippen molar-refractivity contribution in [1.29, 1.82) is 0 Å². The van der Waals surface area contributed by atoms with E-state index in [1.807, 2.05) is 0 Å². The third-order valence-electron chi connectivity index (χ3n) is 0.325. The summed E-state index contributed by atoms with van der Waals surface area (Å²) in [6.45, 7) is 3.73. The van der Waals surface area contributed by atoms with Gasteiger partial charge < -0.3 is 5.11 Å². The number of hydrogen-bond acceptors (Lipinski definition) is 3. The van der Waals surface area contributed by atoms with E-state index in [9.17, 15) is 0 Å². The van der Waals surface area contributed by atoms with Gasteiger partial charge in [0.15, 0.2) is 6.29 Å². The third kappa shape index (κ3) is 5.88. The minimum Gasteiger partial charge on any atom is -0.366 e. The maximum Gasteiger partial charge on any atom is 0.185 e. The zero-order valence-corrected chi connectivity index (χ0v) is 4.55. The van der Waals surface area contributed by atoms with Gasteiger partial charge in [0.1, 0.15) is 0 Å². The summed E-state index contributed by atoms with van der Waals surface area (Å²) in [7, 11) is 0. The molecule has 0 amide bonds. The Morgan fingerprint density at radius 1 is 1.71 bits per heavy atom. The number of aliphatic hydroxyl groups excluding tert-OH is 1. The van der Waals surface area contributed by atoms with Gasteiger partial charge in [0.05, 0.1) is 6.61 Å². The van der Waals surface area contributed by atoms with Gasteiger partial charge in [0, 0.05) is 0 Å². The molecule has 0 aliphatic rings. The fourth-order valence-electron chi connectivity index (χ4n) is 0.167. The maximum absolute atomic E-state index is 8.34. The Morgan fingerprint density at radius 2 is 2.29 bits per heavy atom. The lowest BCUT2D eigenvalue weighted by Crippen LogP contribution is -2.06. The lowest BCUT2D eigenvalue weighted by molar-refractivity contribution is -0.361. The van der Waals surface area contributed by atoms with Crippen LogP contribution in [0, 0.1) is 0 Å². The van der Waals surface area contributed by atoms with Crippen molar-refractivity contribution in [3.8, 4) is 0 Å². The van der Waals surface area contributed by atoms with Crippen LogP contribution in [0.15, 0.2) is 0 Å². The van der Waals surface area contributed by atoms with E-state index in [2.05, 4.69) is 9.78 Å². The predicted octanol–water partition coefficient (Wildman–Crippen LogP) is 0.293. The second-order valence-corrected chi connectivity index (χ2v) is 1.10. The summed E-state index contributed by atoms with van der Waals surface area (Å²) in [4.78, 5) is 8.59. The molecule has 0 aliphatic carbocycles. The van der Waals surface area contributed by atoms with Gasteiger partial charge in [-0.2, -0.15) is 0 Å². The SMILES string of the molecule is CCOOC(C)O. The Hall–Kier alpha value is -0.120. The van der Waals surface area contributed by atoms with Crippen LogP contribution >= 0.6 is 0 Å². The molecule has 1 atom stereocenters. The van der Waals surface area contributed by atoms with Crippen LogP contribution in [0.5, 0.6) is 0 Å². The van der Waals surface area contributed by atoms with E-state index >= 15 is 0 Å². The molecule has 3 nitrogen and oxygen atoms in total. The summed E-state index contributed by atoms with van der Waals surface area (Å²) in [6.07, 6.45) is -0.819. The van der Waals surface area contributed by atoms with Crippen LogP contribution in [0.25, 0.3) is 0 Å². The molecule has 1 N–H and O–H groups in total. The normalized spacial score (nSPS) is 14.1. The number of aliphatic hydroxyl groups is 1. The van der Waals surface area contributed by atoms with E-state index < -0.39 is 6.29 Å². The molecule has 0 aromatic heterocycles. The van der Waals surface area contributed by atoms with E-state index in [1.165, 1.54) is 6.92 Å². The molecule has 0 saturated carbocycles. The van der Waals surface area contributed by atoms with Crippen molar-refractivity contribution in [2.75, 3.05) is 6.61 Å². The average Bonchev–Trinajstić information content (AvgIpc) is 1.61. The van der Waals surface area contributed by atoms with Crippen LogP contribution in [0.1, 0.15) is 13.8 Å². The van der Waals surface area contributed by atoms with Crippen molar-refractivity contribution < 1.29 is 14.9 Å². The molecule has 0 aliphatic heterocycles. The van der Waals surface area contributed by atoms with Crippen molar-refractivity contribution in [2.45, 2.75) is 20.1 Å². The number of rotatable bonds is 3. The van der Waals surface area contributed by atoms with Gasteiger partial charge in [0.2, 0.25) is 0 Å². The molecule has 0 fully saturated rings. The van der Waals surface area contributed by atoms with E-state index in [4.69, 9.17) is 5.11 Å². The van der Waals surface area contributed by atoms with Gasteiger partial charge in [-0.25, -0.2) is 9.78 Å². The molecular weight excluding hydrogens is 96.0 g/mol. The lowest BCUT2D eigenvalue weighted by atomic mass is 10.8. The monoisotopic (exact) mass is 106 g/mol. The second-order valence-electron chi connectivity index (χ2n) is 1.10. The highest BCUT2D eigenvalue weighted by molar-refractivity contribution is 4.09. The maximum atomic E-state index is 8.34. The molecule has 0 bridgehead atoms. The molecule has 0 heterocycles. The van der Waals surface area contributed by atoms with Crippen molar-refractivity contribution in [1.82, 2.24) is 0 Å². The highest BCUT2D eigenvalue weighted by Crippen LogP contribution is 1.82. The van der Waals surface area contributed by atoms with Crippen LogP contribution < -0.4 is 0 Å². The van der Waals surface area contributed by atoms with Gasteiger partial charge in [-0.15, -0.1) is 0 Å². The van der Waals surface area contributed by atoms with Crippen LogP contribution in [0.3, 0.4) is 0 Å². The molecule has 0 spiro atoms. The van der Waals surface area contributed by atoms with Gasteiger partial charge in [-0.05, 0) is 13.8 Å². The molecule has 0 aromatic carbocycles. The first-order chi connectivity index (χ1) is 3.27. The zero-order valence-electron chi connectivity index (χ0n) is 4.55. The molecule has 3 heteroatoms. The Morgan fingerprint density at radius 3 is 2.43 bits per heavy atom. The van der Waals surface area contributed by atoms with Crippen LogP contribution in [-0.2, 0) is 9.78 Å². The van der Waals surface area contributed by atoms with Gasteiger partial charge in [-0.3, -0.25) is 0 Å². The summed E-state index contributed by atoms with van der Waals surface area (Å²) < 4.78 is 0. The van der Waals surface area contributed by atoms with Crippen molar-refractivity contribution in [2.24, 2.45) is 0 Å². The molecular formula is C4H10O3. The van der Waals surface area contributed by atoms with E-state index in [0.717, 1.165) is 0 Å². The van der Waals surface area contributed by atoms with Gasteiger partial charge >= 0.3 is 0 Å². The van der Waals surface area contributed by atoms with Crippen LogP contribution in [0.4, 0.5) is 0 Å². The fourth-order valence-corrected chi connectivity index (χ4v) is 0.167. The van der Waals surface area contributed by atoms with E-state index in [0.29, 0.717) is 6.61 Å². The third-order valence-corrected chi connectivity index (χ3v) is 0.325. The summed E-state index contributed by atoms with van der Waals surface area (Å²) in [6, 6.07) is 0. The van der Waals surface area contributed by atoms with Crippen LogP contribution in [0.2, 0.25) is 0 Å². The second kappa shape index (κ2) is 4.05. The highest BCUT2D eigenvalue weighted by Gasteiger charge is 1.89. The first-order valence-corrected chi connectivity index (χ1v) is 2.23. The topological polar surface area (TPSA) is 38.7 Å². The molecule has 1 unspecified atom stereocenters. The van der Waals surface area contributed by atoms with Gasteiger partial charge in [0.25, 0.3) is 0 Å². The first-order valence-electron chi connectivity index (χ1n) is 2.23. The Balaban J connectivity index is 2.68. The van der Waals surface area contributed by atoms with Gasteiger partial charge in [-0.1, -0.05) is 0 Å². The molecule has 0 rings (SSSR count). The molecule has 0 saturated heterocycles. The number of hydrogen-bond donors (Lipinski definition) is 1. The van der Waals surface area contributed by atoms with Crippen molar-refractivity contribution in [3.63, 3.8) is 0 Å². The summed E-state index contributed by atoms with van der Waals surface area (Å²) in [5.41, 5.74) is 0. The first kappa shape index (κ1) is 6.88. The van der Waals surface area contributed by atoms with Crippen molar-refractivity contribution >= 4 is 0 Å². The summed E-state index contributed by atoms with van der Waals surface area (Å²) in [5.74, 6) is 0. The predicted molar refractivity (Wildman–Crippen MR) is 24.4 cm³/mol. The summed E-state index contributed by atoms with van der Waals surface area (Å²) in [5, 5.41) is 8.34. The quantitative estimate of drug-likeness (QED) is 0.319. The Bertz CT molecular complexity index is 35.9. The van der Waals surface area contributed by atoms with Crippen LogP contribution in [-0.4, -0.2) is 18.0 Å². The Labute approximate surface area is 42.8 Å². The average molecular weight is 106 g/mol. The fraction of sp³-hybridized carbons (Fsp3) is 1.00. The largest absolute Gasteiger partial charge is 0.366 e.